The third kappa shape index (κ3) is 2.84. The lowest BCUT2D eigenvalue weighted by atomic mass is 10.2. The topological polar surface area (TPSA) is 61.0 Å². The van der Waals surface area contributed by atoms with Gasteiger partial charge in [0.2, 0.25) is 0 Å². The maximum absolute atomic E-state index is 9.39. The SMILES string of the molecule is CCC(O)CNCc1cc(C#N)n(C)c1C. The molecule has 0 fully saturated rings. The summed E-state index contributed by atoms with van der Waals surface area (Å²) in [4.78, 5) is 0. The first kappa shape index (κ1) is 12.8. The van der Waals surface area contributed by atoms with Crippen LogP contribution in [-0.2, 0) is 13.6 Å². The van der Waals surface area contributed by atoms with E-state index in [4.69, 9.17) is 5.26 Å². The lowest BCUT2D eigenvalue weighted by Crippen LogP contribution is -2.25. The maximum atomic E-state index is 9.39. The van der Waals surface area contributed by atoms with Gasteiger partial charge >= 0.3 is 0 Å². The van der Waals surface area contributed by atoms with Gasteiger partial charge in [-0.1, -0.05) is 6.92 Å². The highest BCUT2D eigenvalue weighted by Gasteiger charge is 2.08. The van der Waals surface area contributed by atoms with E-state index in [1.165, 1.54) is 0 Å². The van der Waals surface area contributed by atoms with Gasteiger partial charge in [-0.2, -0.15) is 5.26 Å². The van der Waals surface area contributed by atoms with E-state index in [0.29, 0.717) is 18.8 Å². The van der Waals surface area contributed by atoms with E-state index in [0.717, 1.165) is 17.7 Å². The van der Waals surface area contributed by atoms with Crippen LogP contribution in [0.2, 0.25) is 0 Å². The second kappa shape index (κ2) is 5.69. The van der Waals surface area contributed by atoms with Gasteiger partial charge in [0.05, 0.1) is 6.10 Å². The summed E-state index contributed by atoms with van der Waals surface area (Å²) in [5.41, 5.74) is 2.88. The highest BCUT2D eigenvalue weighted by Crippen LogP contribution is 2.12. The Balaban J connectivity index is 2.58. The number of aliphatic hydroxyl groups excluding tert-OH is 1. The maximum Gasteiger partial charge on any atom is 0.120 e. The van der Waals surface area contributed by atoms with Crippen LogP contribution in [0.3, 0.4) is 0 Å². The fraction of sp³-hybridized carbons (Fsp3) is 0.583. The van der Waals surface area contributed by atoms with Crippen LogP contribution in [0.1, 0.15) is 30.3 Å². The van der Waals surface area contributed by atoms with Crippen molar-refractivity contribution in [2.75, 3.05) is 6.54 Å². The standard InChI is InChI=1S/C12H19N3O/c1-4-12(16)8-14-7-10-5-11(6-13)15(3)9(10)2/h5,12,14,16H,4,7-8H2,1-3H3. The molecule has 0 aromatic carbocycles. The van der Waals surface area contributed by atoms with E-state index < -0.39 is 0 Å². The third-order valence-electron chi connectivity index (χ3n) is 2.92. The first-order valence-corrected chi connectivity index (χ1v) is 5.54. The molecular weight excluding hydrogens is 202 g/mol. The molecule has 0 radical (unpaired) electrons. The Labute approximate surface area is 96.5 Å². The van der Waals surface area contributed by atoms with Gasteiger partial charge in [-0.15, -0.1) is 0 Å². The van der Waals surface area contributed by atoms with Crippen molar-refractivity contribution < 1.29 is 5.11 Å². The smallest absolute Gasteiger partial charge is 0.120 e. The van der Waals surface area contributed by atoms with E-state index in [1.807, 2.05) is 31.5 Å². The van der Waals surface area contributed by atoms with Crippen LogP contribution in [0.4, 0.5) is 0 Å². The minimum atomic E-state index is -0.292. The molecule has 0 aliphatic heterocycles. The molecule has 0 spiro atoms. The quantitative estimate of drug-likeness (QED) is 0.781. The number of nitrogens with zero attached hydrogens (tertiary/aromatic N) is 2. The minimum absolute atomic E-state index is 0.292. The molecular formula is C12H19N3O. The number of aliphatic hydroxyl groups is 1. The molecule has 0 aliphatic carbocycles. The van der Waals surface area contributed by atoms with E-state index in [2.05, 4.69) is 11.4 Å². The zero-order chi connectivity index (χ0) is 12.1. The van der Waals surface area contributed by atoms with Crippen LogP contribution in [0, 0.1) is 18.3 Å². The molecule has 0 amide bonds. The summed E-state index contributed by atoms with van der Waals surface area (Å²) < 4.78 is 1.88. The summed E-state index contributed by atoms with van der Waals surface area (Å²) in [5.74, 6) is 0. The molecule has 1 unspecified atom stereocenters. The van der Waals surface area contributed by atoms with E-state index >= 15 is 0 Å². The molecule has 16 heavy (non-hydrogen) atoms. The number of aromatic nitrogens is 1. The fourth-order valence-electron chi connectivity index (χ4n) is 1.57. The van der Waals surface area contributed by atoms with Gasteiger partial charge in [0, 0.05) is 25.8 Å². The molecule has 4 nitrogen and oxygen atoms in total. The van der Waals surface area contributed by atoms with Gasteiger partial charge in [0.15, 0.2) is 0 Å². The van der Waals surface area contributed by atoms with Crippen LogP contribution in [-0.4, -0.2) is 22.3 Å². The summed E-state index contributed by atoms with van der Waals surface area (Å²) in [6.07, 6.45) is 0.462. The first-order valence-electron chi connectivity index (χ1n) is 5.54. The Morgan fingerprint density at radius 2 is 2.31 bits per heavy atom. The number of nitriles is 1. The second-order valence-electron chi connectivity index (χ2n) is 4.00. The summed E-state index contributed by atoms with van der Waals surface area (Å²) in [6.45, 7) is 5.23. The highest BCUT2D eigenvalue weighted by molar-refractivity contribution is 5.33. The van der Waals surface area contributed by atoms with Crippen molar-refractivity contribution in [2.24, 2.45) is 7.05 Å². The normalized spacial score (nSPS) is 12.4. The Bertz CT molecular complexity index is 390. The van der Waals surface area contributed by atoms with Crippen molar-refractivity contribution in [3.05, 3.63) is 23.0 Å². The Kier molecular flexibility index (Phi) is 4.53. The molecule has 88 valence electrons. The van der Waals surface area contributed by atoms with Gasteiger partial charge in [-0.3, -0.25) is 0 Å². The predicted octanol–water partition coefficient (Wildman–Crippen LogP) is 1.07. The van der Waals surface area contributed by atoms with Gasteiger partial charge in [0.1, 0.15) is 11.8 Å². The molecule has 0 aliphatic rings. The largest absolute Gasteiger partial charge is 0.392 e. The van der Waals surface area contributed by atoms with Crippen LogP contribution >= 0.6 is 0 Å². The lowest BCUT2D eigenvalue weighted by Gasteiger charge is -2.09. The van der Waals surface area contributed by atoms with E-state index in [-0.39, 0.29) is 6.10 Å². The second-order valence-corrected chi connectivity index (χ2v) is 4.00. The average Bonchev–Trinajstić information content (AvgIpc) is 2.56. The zero-order valence-corrected chi connectivity index (χ0v) is 10.1. The van der Waals surface area contributed by atoms with Crippen LogP contribution < -0.4 is 5.32 Å². The molecule has 1 aromatic rings. The van der Waals surface area contributed by atoms with Crippen molar-refractivity contribution in [1.82, 2.24) is 9.88 Å². The Hall–Kier alpha value is -1.31. The van der Waals surface area contributed by atoms with Crippen LogP contribution in [0.5, 0.6) is 0 Å². The minimum Gasteiger partial charge on any atom is -0.392 e. The van der Waals surface area contributed by atoms with Crippen molar-refractivity contribution in [3.8, 4) is 6.07 Å². The number of nitrogens with one attached hydrogen (secondary N) is 1. The monoisotopic (exact) mass is 221 g/mol. The van der Waals surface area contributed by atoms with Crippen LogP contribution in [0.25, 0.3) is 0 Å². The van der Waals surface area contributed by atoms with Gasteiger partial charge in [0.25, 0.3) is 0 Å². The molecule has 4 heteroatoms. The van der Waals surface area contributed by atoms with Gasteiger partial charge in [-0.25, -0.2) is 0 Å². The Morgan fingerprint density at radius 1 is 1.62 bits per heavy atom. The lowest BCUT2D eigenvalue weighted by molar-refractivity contribution is 0.167. The van der Waals surface area contributed by atoms with Crippen molar-refractivity contribution in [3.63, 3.8) is 0 Å². The molecule has 1 aromatic heterocycles. The number of rotatable bonds is 5. The Morgan fingerprint density at radius 3 is 2.81 bits per heavy atom. The fourth-order valence-corrected chi connectivity index (χ4v) is 1.57. The summed E-state index contributed by atoms with van der Waals surface area (Å²) in [5, 5.41) is 21.5. The van der Waals surface area contributed by atoms with Gasteiger partial charge < -0.3 is 15.0 Å². The molecule has 1 heterocycles. The predicted molar refractivity (Wildman–Crippen MR) is 62.9 cm³/mol. The highest BCUT2D eigenvalue weighted by atomic mass is 16.3. The molecule has 0 bridgehead atoms. The summed E-state index contributed by atoms with van der Waals surface area (Å²) in [7, 11) is 1.89. The zero-order valence-electron chi connectivity index (χ0n) is 10.1. The van der Waals surface area contributed by atoms with Crippen molar-refractivity contribution >= 4 is 0 Å². The van der Waals surface area contributed by atoms with E-state index in [1.54, 1.807) is 0 Å². The average molecular weight is 221 g/mol. The summed E-state index contributed by atoms with van der Waals surface area (Å²) >= 11 is 0. The van der Waals surface area contributed by atoms with Gasteiger partial charge in [-0.05, 0) is 25.0 Å². The van der Waals surface area contributed by atoms with E-state index in [9.17, 15) is 5.11 Å². The molecule has 0 saturated heterocycles. The third-order valence-corrected chi connectivity index (χ3v) is 2.92. The first-order chi connectivity index (χ1) is 7.60. The number of hydrogen-bond acceptors (Lipinski definition) is 3. The van der Waals surface area contributed by atoms with Crippen molar-refractivity contribution in [1.29, 1.82) is 5.26 Å². The van der Waals surface area contributed by atoms with Crippen LogP contribution in [0.15, 0.2) is 6.07 Å². The number of hydrogen-bond donors (Lipinski definition) is 2. The summed E-state index contributed by atoms with van der Waals surface area (Å²) in [6, 6.07) is 4.04. The molecule has 0 saturated carbocycles. The molecule has 2 N–H and O–H groups in total. The molecule has 1 atom stereocenters. The van der Waals surface area contributed by atoms with Crippen molar-refractivity contribution in [2.45, 2.75) is 32.9 Å². The molecule has 1 rings (SSSR count).